The van der Waals surface area contributed by atoms with E-state index in [1.165, 1.54) is 222 Å². The summed E-state index contributed by atoms with van der Waals surface area (Å²) in [6.07, 6.45) is 44.9. The summed E-state index contributed by atoms with van der Waals surface area (Å²) in [5.74, 6) is 0. The molecule has 0 heterocycles. The third-order valence-corrected chi connectivity index (χ3v) is 10.8. The predicted octanol–water partition coefficient (Wildman–Crippen LogP) is 15.5. The van der Waals surface area contributed by atoms with Crippen LogP contribution >= 0.6 is 0 Å². The van der Waals surface area contributed by atoms with Crippen molar-refractivity contribution in [2.24, 2.45) is 0 Å². The second-order valence-electron chi connectivity index (χ2n) is 15.0. The minimum Gasteiger partial charge on any atom is -0.314 e. The highest BCUT2D eigenvalue weighted by Gasteiger charge is 2.35. The van der Waals surface area contributed by atoms with Crippen LogP contribution < -0.4 is 0 Å². The van der Waals surface area contributed by atoms with Gasteiger partial charge in [0.1, 0.15) is 6.04 Å². The van der Waals surface area contributed by atoms with Crippen LogP contribution in [-0.4, -0.2) is 24.1 Å². The quantitative estimate of drug-likeness (QED) is 0.0390. The number of unbranched alkanes of at least 4 members (excludes halogenated alkanes) is 27. The van der Waals surface area contributed by atoms with Crippen LogP contribution in [0.5, 0.6) is 0 Å². The van der Waals surface area contributed by atoms with Gasteiger partial charge in [0.05, 0.1) is 19.6 Å². The molecule has 0 fully saturated rings. The van der Waals surface area contributed by atoms with Gasteiger partial charge in [-0.25, -0.2) is 0 Å². The summed E-state index contributed by atoms with van der Waals surface area (Å²) in [4.78, 5) is 0. The summed E-state index contributed by atoms with van der Waals surface area (Å²) in [6.45, 7) is 15.4. The zero-order chi connectivity index (χ0) is 33.2. The molecule has 0 aliphatic heterocycles. The maximum absolute atomic E-state index is 4.49. The van der Waals surface area contributed by atoms with E-state index in [2.05, 4.69) is 63.8 Å². The Kier molecular flexibility index (Phi) is 30.3. The Morgan fingerprint density at radius 1 is 0.413 bits per heavy atom. The number of quaternary nitrogens is 1. The first kappa shape index (κ1) is 42.9. The molecule has 0 aliphatic rings. The lowest BCUT2D eigenvalue weighted by Crippen LogP contribution is -2.52. The molecule has 0 bridgehead atoms. The summed E-state index contributed by atoms with van der Waals surface area (Å²) in [7, 11) is 0. The molecule has 0 spiro atoms. The minimum absolute atomic E-state index is 0.428. The molecule has 0 aliphatic carbocycles. The van der Waals surface area contributed by atoms with Crippen molar-refractivity contribution in [2.45, 2.75) is 219 Å². The van der Waals surface area contributed by atoms with Crippen molar-refractivity contribution >= 4 is 0 Å². The first-order valence-electron chi connectivity index (χ1n) is 21.3. The van der Waals surface area contributed by atoms with Crippen LogP contribution in [0.1, 0.15) is 225 Å². The van der Waals surface area contributed by atoms with E-state index in [1.54, 1.807) is 0 Å². The van der Waals surface area contributed by atoms with Gasteiger partial charge in [0.2, 0.25) is 0 Å². The Balaban J connectivity index is 2.75. The van der Waals surface area contributed by atoms with Crippen LogP contribution in [0.3, 0.4) is 0 Å². The lowest BCUT2D eigenvalue weighted by atomic mass is 9.97. The first-order chi connectivity index (χ1) is 22.7. The van der Waals surface area contributed by atoms with Crippen molar-refractivity contribution in [1.82, 2.24) is 0 Å². The molecule has 0 amide bonds. The van der Waals surface area contributed by atoms with Crippen LogP contribution in [0.25, 0.3) is 0 Å². The summed E-state index contributed by atoms with van der Waals surface area (Å²) < 4.78 is 1.25. The molecular formula is C45H84N+. The Labute approximate surface area is 291 Å². The van der Waals surface area contributed by atoms with Crippen molar-refractivity contribution in [2.75, 3.05) is 19.6 Å². The zero-order valence-electron chi connectivity index (χ0n) is 32.0. The van der Waals surface area contributed by atoms with Crippen molar-refractivity contribution in [3.8, 4) is 0 Å². The van der Waals surface area contributed by atoms with E-state index < -0.39 is 0 Å². The monoisotopic (exact) mass is 639 g/mol. The van der Waals surface area contributed by atoms with E-state index in [9.17, 15) is 0 Å². The van der Waals surface area contributed by atoms with E-state index in [-0.39, 0.29) is 0 Å². The minimum atomic E-state index is 0.428. The molecule has 0 N–H and O–H groups in total. The standard InChI is InChI=1S/C45H84N/c1-5-9-12-15-18-21-24-27-30-36-41-46(45(8-4)44-39-34-33-35-40-44,42-37-31-28-25-22-19-16-13-10-6-2)43-38-32-29-26-23-20-17-14-11-7-3/h8,33-35,39-40,45H,4-7,9-32,36-38,41-43H2,1-3H3/q+1. The number of nitrogens with zero attached hydrogens (tertiary/aromatic N) is 1. The highest BCUT2D eigenvalue weighted by atomic mass is 15.4. The molecule has 268 valence electrons. The number of rotatable bonds is 36. The number of hydrogen-bond acceptors (Lipinski definition) is 0. The molecule has 0 aromatic heterocycles. The van der Waals surface area contributed by atoms with E-state index >= 15 is 0 Å². The van der Waals surface area contributed by atoms with Crippen LogP contribution in [0.15, 0.2) is 43.0 Å². The van der Waals surface area contributed by atoms with Crippen LogP contribution in [0.4, 0.5) is 0 Å². The maximum Gasteiger partial charge on any atom is 0.133 e. The van der Waals surface area contributed by atoms with Crippen LogP contribution in [-0.2, 0) is 0 Å². The second-order valence-corrected chi connectivity index (χ2v) is 15.0. The van der Waals surface area contributed by atoms with Gasteiger partial charge in [-0.15, -0.1) is 0 Å². The Morgan fingerprint density at radius 2 is 0.674 bits per heavy atom. The van der Waals surface area contributed by atoms with Gasteiger partial charge in [-0.2, -0.15) is 0 Å². The fourth-order valence-electron chi connectivity index (χ4n) is 7.82. The van der Waals surface area contributed by atoms with Gasteiger partial charge in [0.15, 0.2) is 0 Å². The SMILES string of the molecule is C=CC(c1ccccc1)[N+](CCCCCCCCCCCC)(CCCCCCCCCCCC)CCCCCCCCCCCC. The molecule has 1 heteroatoms. The fourth-order valence-corrected chi connectivity index (χ4v) is 7.82. The van der Waals surface area contributed by atoms with Crippen LogP contribution in [0.2, 0.25) is 0 Å². The highest BCUT2D eigenvalue weighted by Crippen LogP contribution is 2.33. The van der Waals surface area contributed by atoms with E-state index in [0.29, 0.717) is 6.04 Å². The summed E-state index contributed by atoms with van der Waals surface area (Å²) in [6, 6.07) is 11.9. The van der Waals surface area contributed by atoms with Gasteiger partial charge >= 0.3 is 0 Å². The molecule has 1 aromatic rings. The van der Waals surface area contributed by atoms with Crippen LogP contribution in [0, 0.1) is 0 Å². The molecule has 0 saturated heterocycles. The molecule has 1 unspecified atom stereocenters. The molecule has 1 rings (SSSR count). The average Bonchev–Trinajstić information content (AvgIpc) is 3.08. The van der Waals surface area contributed by atoms with Gasteiger partial charge in [-0.05, 0) is 44.6 Å². The summed E-state index contributed by atoms with van der Waals surface area (Å²) >= 11 is 0. The smallest absolute Gasteiger partial charge is 0.133 e. The van der Waals surface area contributed by atoms with Gasteiger partial charge in [-0.1, -0.05) is 212 Å². The van der Waals surface area contributed by atoms with E-state index in [1.807, 2.05) is 0 Å². The molecule has 1 nitrogen and oxygen atoms in total. The predicted molar refractivity (Wildman–Crippen MR) is 210 cm³/mol. The molecule has 1 aromatic carbocycles. The third-order valence-electron chi connectivity index (χ3n) is 10.8. The second kappa shape index (κ2) is 32.5. The average molecular weight is 639 g/mol. The summed E-state index contributed by atoms with van der Waals surface area (Å²) in [5.41, 5.74) is 1.49. The van der Waals surface area contributed by atoms with Gasteiger partial charge in [0, 0.05) is 5.56 Å². The van der Waals surface area contributed by atoms with Gasteiger partial charge < -0.3 is 4.48 Å². The summed E-state index contributed by atoms with van der Waals surface area (Å²) in [5, 5.41) is 0. The van der Waals surface area contributed by atoms with Gasteiger partial charge in [-0.3, -0.25) is 0 Å². The fraction of sp³-hybridized carbons (Fsp3) is 0.822. The lowest BCUT2D eigenvalue weighted by Gasteiger charge is -2.45. The Hall–Kier alpha value is -1.08. The van der Waals surface area contributed by atoms with Crippen molar-refractivity contribution in [3.05, 3.63) is 48.6 Å². The van der Waals surface area contributed by atoms with Gasteiger partial charge in [0.25, 0.3) is 0 Å². The first-order valence-corrected chi connectivity index (χ1v) is 21.3. The van der Waals surface area contributed by atoms with E-state index in [0.717, 1.165) is 0 Å². The molecule has 0 saturated carbocycles. The van der Waals surface area contributed by atoms with Crippen molar-refractivity contribution in [3.63, 3.8) is 0 Å². The Bertz CT molecular complexity index is 679. The maximum atomic E-state index is 4.49. The Morgan fingerprint density at radius 3 is 0.935 bits per heavy atom. The molecule has 0 radical (unpaired) electrons. The largest absolute Gasteiger partial charge is 0.314 e. The highest BCUT2D eigenvalue weighted by molar-refractivity contribution is 5.20. The lowest BCUT2D eigenvalue weighted by molar-refractivity contribution is -0.951. The van der Waals surface area contributed by atoms with Crippen molar-refractivity contribution < 1.29 is 4.48 Å². The van der Waals surface area contributed by atoms with Crippen molar-refractivity contribution in [1.29, 1.82) is 0 Å². The van der Waals surface area contributed by atoms with E-state index in [4.69, 9.17) is 0 Å². The third kappa shape index (κ3) is 22.5. The zero-order valence-corrected chi connectivity index (χ0v) is 32.0. The molecular weight excluding hydrogens is 555 g/mol. The molecule has 46 heavy (non-hydrogen) atoms. The topological polar surface area (TPSA) is 0 Å². The number of hydrogen-bond donors (Lipinski definition) is 0. The number of benzene rings is 1. The normalized spacial score (nSPS) is 12.5. The molecule has 1 atom stereocenters.